The zero-order valence-corrected chi connectivity index (χ0v) is 82.1. The van der Waals surface area contributed by atoms with Gasteiger partial charge in [-0.1, -0.05) is 107 Å². The molecule has 6 heterocycles. The van der Waals surface area contributed by atoms with E-state index < -0.39 is 43.1 Å². The molecule has 642 valence electrons. The van der Waals surface area contributed by atoms with Crippen molar-refractivity contribution in [2.75, 3.05) is 33.0 Å². The Balaban J connectivity index is 0.000000186. The van der Waals surface area contributed by atoms with Gasteiger partial charge in [0.05, 0.1) is 95.6 Å². The molecule has 0 radical (unpaired) electrons. The Hall–Kier alpha value is -6.06. The first-order chi connectivity index (χ1) is 57.2. The fourth-order valence-electron chi connectivity index (χ4n) is 14.0. The Labute approximate surface area is 803 Å². The number of aromatic carboxylic acids is 1. The van der Waals surface area contributed by atoms with E-state index in [2.05, 4.69) is 117 Å². The molecular weight excluding hydrogens is 2030 g/mol. The number of rotatable bonds is 18. The van der Waals surface area contributed by atoms with E-state index in [-0.39, 0.29) is 81.9 Å². The quantitative estimate of drug-likeness (QED) is 0.0303. The summed E-state index contributed by atoms with van der Waals surface area (Å²) in [6, 6.07) is 39.1. The summed E-state index contributed by atoms with van der Waals surface area (Å²) < 4.78 is 60.1. The van der Waals surface area contributed by atoms with Crippen LogP contribution in [0.2, 0.25) is 30.1 Å². The number of fused-ring (bicyclic) bond motifs is 5. The number of carboxylic acid groups (broad SMARTS) is 1. The number of ether oxygens (including phenoxy) is 10. The molecule has 0 aliphatic carbocycles. The van der Waals surface area contributed by atoms with Gasteiger partial charge in [-0.15, -0.1) is 0 Å². The standard InChI is InChI=1S/C24H29ClO7.C18H16BrClO3.C18H18BrClO2.2C10H7BrClNO.C10H8BrClO3.Na.H2O/c1-3-30-15-6-4-13(5-7-15)9-14-10-17(23-16(19(14)25)8-12(2)31-23)24-22(29)21(28)20(27)18(11-26)32-24;1-3-22-12-6-4-11(5-7-12)17(21)13-9-15(19)18-14(16(13)20)8-10(2)23-18;1-3-21-14-6-4-12(5-7-14)9-13-10-16(19)18-15(17(13)20)8-11(2)22-18;1-5-2-7-9(12)6(4-13)3-8(11)10(7)14-5;1-2-3-14-10-5-9(12)7(6-13)4-8(10)11;1-4-2-5-8(12)6(10(13)14)3-7(11)9(5)15-4;;/h4-7,10,12,18,20-22,24,26-29H,3,8-9,11H2,1-2H3;4-7,9-10H,3,8H2,1-2H3;4-7,10-11H,3,8-9H2,1-2H3;3,5H,2H2,1H3;2,4-5H,1,3H2;3-4H,2H2,1H3,(H,13,14);;1H2/q;;;;;;+1;/p-1/t12?,18-,20-,21+,22-,24+;;;;;;;/m1......./s1. The predicted molar refractivity (Wildman–Crippen MR) is 485 cm³/mol. The number of hydrogen-bond acceptors (Lipinski definition) is 19. The van der Waals surface area contributed by atoms with Crippen LogP contribution >= 0.6 is 149 Å². The van der Waals surface area contributed by atoms with E-state index in [9.17, 15) is 30.0 Å². The summed E-state index contributed by atoms with van der Waals surface area (Å²) in [5, 5.41) is 70.3. The number of halogens is 11. The van der Waals surface area contributed by atoms with E-state index in [1.165, 1.54) is 11.6 Å². The Morgan fingerprint density at radius 3 is 1.30 bits per heavy atom. The SMILES string of the molecule is C=CCOc1cc(Cl)c(C#N)cc1Br.CC1Cc2c(Cl)c(C#N)cc(Br)c2O1.CC1Cc2c(Cl)c(C(=O)O)cc(Br)c2O1.CCOc1ccc(C(=O)c2cc(Br)c3c(c2Cl)CC(C)O3)cc1.CCOc1ccc(Cc2cc(Br)c3c(c2Cl)CC(C)O3)cc1.CCOc1ccc(Cc2cc([C@@H]3O[C@H](CO)[C@@H](O)[C@H](O)[C@H]3O)c3c(c2Cl)CC(C)O3)cc1.[Na+].[OH-]. The van der Waals surface area contributed by atoms with Crippen LogP contribution in [0.3, 0.4) is 0 Å². The molecule has 20 nitrogen and oxygen atoms in total. The second-order valence-electron chi connectivity index (χ2n) is 28.6. The van der Waals surface area contributed by atoms with Crippen molar-refractivity contribution < 1.29 is 118 Å². The van der Waals surface area contributed by atoms with Gasteiger partial charge >= 0.3 is 35.5 Å². The smallest absolute Gasteiger partial charge is 0.870 e. The molecule has 0 spiro atoms. The first-order valence-corrected chi connectivity index (χ1v) is 44.5. The molecule has 0 saturated carbocycles. The van der Waals surface area contributed by atoms with Gasteiger partial charge in [-0.3, -0.25) is 4.79 Å². The van der Waals surface area contributed by atoms with Crippen LogP contribution in [0.15, 0.2) is 150 Å². The van der Waals surface area contributed by atoms with Crippen LogP contribution in [0.25, 0.3) is 0 Å². The molecule has 32 heteroatoms. The van der Waals surface area contributed by atoms with E-state index in [1.807, 2.05) is 97.0 Å². The topological polar surface area (TPSA) is 305 Å². The molecule has 1 saturated heterocycles. The largest absolute Gasteiger partial charge is 1.00 e. The van der Waals surface area contributed by atoms with Gasteiger partial charge < -0.3 is 78.4 Å². The summed E-state index contributed by atoms with van der Waals surface area (Å²) in [6.07, 6.45) is 0.612. The van der Waals surface area contributed by atoms with E-state index >= 15 is 0 Å². The number of carboxylic acids is 1. The third kappa shape index (κ3) is 24.6. The van der Waals surface area contributed by atoms with E-state index in [4.69, 9.17) is 133 Å². The molecule has 6 aliphatic heterocycles. The number of aliphatic hydroxyl groups excluding tert-OH is 4. The maximum Gasteiger partial charge on any atom is 1.00 e. The molecule has 1 fully saturated rings. The third-order valence-corrected chi connectivity index (χ3v) is 25.1. The summed E-state index contributed by atoms with van der Waals surface area (Å²) in [5.74, 6) is 5.51. The first-order valence-electron chi connectivity index (χ1n) is 38.2. The summed E-state index contributed by atoms with van der Waals surface area (Å²) in [6.45, 7) is 21.0. The van der Waals surface area contributed by atoms with Crippen LogP contribution in [0, 0.1) is 22.7 Å². The van der Waals surface area contributed by atoms with Gasteiger partial charge in [0.15, 0.2) is 5.78 Å². The number of carbonyl (C=O) groups excluding carboxylic acids is 1. The number of ketones is 1. The molecule has 10 atom stereocenters. The molecule has 6 N–H and O–H groups in total. The van der Waals surface area contributed by atoms with Crippen molar-refractivity contribution in [1.29, 1.82) is 10.5 Å². The van der Waals surface area contributed by atoms with Crippen LogP contribution in [0.5, 0.6) is 51.7 Å². The number of hydrogen-bond donors (Lipinski definition) is 5. The normalized spacial score (nSPS) is 19.1. The molecule has 6 aliphatic rings. The second-order valence-corrected chi connectivity index (χ2v) is 35.1. The average Bonchev–Trinajstić information content (AvgIpc) is 1.51. The molecule has 9 aromatic rings. The van der Waals surface area contributed by atoms with Gasteiger partial charge in [-0.05, 0) is 255 Å². The zero-order valence-electron chi connectivity index (χ0n) is 67.6. The Bertz CT molecular complexity index is 5340. The van der Waals surface area contributed by atoms with Gasteiger partial charge in [0, 0.05) is 82.7 Å². The Morgan fingerprint density at radius 2 is 0.869 bits per heavy atom. The van der Waals surface area contributed by atoms with Crippen molar-refractivity contribution in [3.05, 3.63) is 264 Å². The van der Waals surface area contributed by atoms with Gasteiger partial charge in [-0.2, -0.15) is 10.5 Å². The van der Waals surface area contributed by atoms with Gasteiger partial charge in [-0.25, -0.2) is 4.79 Å². The van der Waals surface area contributed by atoms with E-state index in [0.29, 0.717) is 126 Å². The summed E-state index contributed by atoms with van der Waals surface area (Å²) >= 11 is 54.7. The van der Waals surface area contributed by atoms with Crippen LogP contribution in [-0.2, 0) is 49.7 Å². The van der Waals surface area contributed by atoms with Gasteiger partial charge in [0.1, 0.15) is 132 Å². The van der Waals surface area contributed by atoms with E-state index in [1.54, 1.807) is 54.6 Å². The molecule has 0 bridgehead atoms. The molecule has 122 heavy (non-hydrogen) atoms. The number of aliphatic hydroxyl groups is 4. The fraction of sp³-hybridized carbons (Fsp3) is 0.333. The van der Waals surface area contributed by atoms with Crippen molar-refractivity contribution in [2.24, 2.45) is 0 Å². The van der Waals surface area contributed by atoms with Gasteiger partial charge in [0.25, 0.3) is 0 Å². The predicted octanol–water partition coefficient (Wildman–Crippen LogP) is 19.4. The molecular formula is C90H86Br5Cl6N2NaO18. The van der Waals surface area contributed by atoms with E-state index in [0.717, 1.165) is 117 Å². The molecule has 9 aromatic carbocycles. The van der Waals surface area contributed by atoms with Crippen LogP contribution in [0.1, 0.15) is 155 Å². The minimum atomic E-state index is -1.47. The Morgan fingerprint density at radius 1 is 0.492 bits per heavy atom. The monoisotopic (exact) mass is 2110 g/mol. The van der Waals surface area contributed by atoms with Crippen molar-refractivity contribution in [3.63, 3.8) is 0 Å². The fourth-order valence-corrected chi connectivity index (χ4v) is 18.4. The summed E-state index contributed by atoms with van der Waals surface area (Å²) in [4.78, 5) is 23.7. The maximum atomic E-state index is 12.8. The minimum Gasteiger partial charge on any atom is -0.870 e. The van der Waals surface area contributed by atoms with Gasteiger partial charge in [0.2, 0.25) is 0 Å². The summed E-state index contributed by atoms with van der Waals surface area (Å²) in [7, 11) is 0. The maximum absolute atomic E-state index is 12.8. The van der Waals surface area contributed by atoms with Crippen molar-refractivity contribution in [1.82, 2.24) is 0 Å². The summed E-state index contributed by atoms with van der Waals surface area (Å²) in [5.41, 5.74) is 11.4. The zero-order chi connectivity index (χ0) is 87.2. The minimum absolute atomic E-state index is 0. The molecule has 5 unspecified atom stereocenters. The molecule has 15 rings (SSSR count). The Kier molecular flexibility index (Phi) is 38.7. The van der Waals surface area contributed by atoms with Crippen molar-refractivity contribution >= 4 is 161 Å². The second kappa shape index (κ2) is 46.6. The third-order valence-electron chi connectivity index (χ3n) is 19.6. The van der Waals surface area contributed by atoms with Crippen LogP contribution in [0.4, 0.5) is 0 Å². The number of nitrogens with zero attached hydrogens (tertiary/aromatic N) is 2. The molecule has 0 amide bonds. The number of carbonyl (C=O) groups is 2. The number of nitriles is 2. The number of benzene rings is 9. The van der Waals surface area contributed by atoms with Crippen LogP contribution in [-0.4, -0.2) is 131 Å². The van der Waals surface area contributed by atoms with Crippen LogP contribution < -0.4 is 72.2 Å². The van der Waals surface area contributed by atoms with Crippen molar-refractivity contribution in [2.45, 2.75) is 161 Å². The first kappa shape index (κ1) is 101. The van der Waals surface area contributed by atoms with Crippen molar-refractivity contribution in [3.8, 4) is 63.9 Å². The molecule has 0 aromatic heterocycles. The average molecular weight is 2120 g/mol.